The largest absolute Gasteiger partial charge is 0.399 e. The summed E-state index contributed by atoms with van der Waals surface area (Å²) < 4.78 is 39.3. The molecule has 1 amide bonds. The molecule has 6 heteroatoms. The number of anilines is 2. The smallest absolute Gasteiger partial charge is 0.248 e. The topological polar surface area (TPSA) is 55.1 Å². The lowest BCUT2D eigenvalue weighted by Crippen LogP contribution is -2.10. The van der Waals surface area contributed by atoms with E-state index < -0.39 is 29.0 Å². The van der Waals surface area contributed by atoms with Gasteiger partial charge in [-0.2, -0.15) is 0 Å². The molecule has 0 bridgehead atoms. The summed E-state index contributed by atoms with van der Waals surface area (Å²) in [6, 6.07) is 7.82. The molecule has 0 fully saturated rings. The van der Waals surface area contributed by atoms with Gasteiger partial charge in [0.15, 0.2) is 11.6 Å². The normalized spacial score (nSPS) is 10.8. The fraction of sp³-hybridized carbons (Fsp3) is 0. The minimum absolute atomic E-state index is 0.396. The molecule has 2 aromatic carbocycles. The summed E-state index contributed by atoms with van der Waals surface area (Å²) in [5.74, 6) is -4.39. The number of nitrogens with one attached hydrogen (secondary N) is 1. The molecule has 0 radical (unpaired) electrons. The minimum Gasteiger partial charge on any atom is -0.399 e. The van der Waals surface area contributed by atoms with Gasteiger partial charge in [0.25, 0.3) is 0 Å². The van der Waals surface area contributed by atoms with E-state index in [1.807, 2.05) is 0 Å². The first kappa shape index (κ1) is 14.6. The van der Waals surface area contributed by atoms with E-state index in [4.69, 9.17) is 5.73 Å². The summed E-state index contributed by atoms with van der Waals surface area (Å²) in [5, 5.41) is 2.06. The van der Waals surface area contributed by atoms with Gasteiger partial charge in [-0.05, 0) is 23.8 Å². The van der Waals surface area contributed by atoms with Crippen molar-refractivity contribution < 1.29 is 18.0 Å². The maximum atomic E-state index is 13.4. The van der Waals surface area contributed by atoms with Gasteiger partial charge in [-0.1, -0.05) is 12.1 Å². The zero-order chi connectivity index (χ0) is 15.4. The summed E-state index contributed by atoms with van der Waals surface area (Å²) >= 11 is 0. The molecule has 21 heavy (non-hydrogen) atoms. The van der Waals surface area contributed by atoms with Crippen LogP contribution in [-0.2, 0) is 4.79 Å². The van der Waals surface area contributed by atoms with Gasteiger partial charge in [0, 0.05) is 23.9 Å². The summed E-state index contributed by atoms with van der Waals surface area (Å²) in [7, 11) is 0. The third-order valence-corrected chi connectivity index (χ3v) is 2.59. The van der Waals surface area contributed by atoms with Gasteiger partial charge < -0.3 is 11.1 Å². The molecule has 3 nitrogen and oxygen atoms in total. The predicted molar refractivity (Wildman–Crippen MR) is 74.8 cm³/mol. The van der Waals surface area contributed by atoms with Crippen LogP contribution in [0.1, 0.15) is 5.56 Å². The standard InChI is InChI=1S/C15H11F3N2O/c16-10-7-12(17)15(18)13(8-10)20-14(21)5-4-9-2-1-3-11(19)6-9/h1-8H,19H2,(H,20,21)/b5-4+. The average Bonchev–Trinajstić information content (AvgIpc) is 2.42. The molecule has 0 saturated carbocycles. The number of carbonyl (C=O) groups is 1. The number of amides is 1. The van der Waals surface area contributed by atoms with E-state index in [1.165, 1.54) is 6.08 Å². The second-order valence-corrected chi connectivity index (χ2v) is 4.24. The second-order valence-electron chi connectivity index (χ2n) is 4.24. The summed E-state index contributed by atoms with van der Waals surface area (Å²) in [4.78, 5) is 11.6. The van der Waals surface area contributed by atoms with Crippen molar-refractivity contribution in [1.29, 1.82) is 0 Å². The van der Waals surface area contributed by atoms with Gasteiger partial charge in [0.05, 0.1) is 5.69 Å². The van der Waals surface area contributed by atoms with Crippen LogP contribution in [-0.4, -0.2) is 5.91 Å². The molecule has 0 unspecified atom stereocenters. The summed E-state index contributed by atoms with van der Waals surface area (Å²) in [6.45, 7) is 0. The van der Waals surface area contributed by atoms with Crippen LogP contribution in [0.15, 0.2) is 42.5 Å². The van der Waals surface area contributed by atoms with Gasteiger partial charge in [0.2, 0.25) is 5.91 Å². The van der Waals surface area contributed by atoms with Gasteiger partial charge in [-0.3, -0.25) is 4.79 Å². The SMILES string of the molecule is Nc1cccc(/C=C/C(=O)Nc2cc(F)cc(F)c2F)c1. The van der Waals surface area contributed by atoms with Gasteiger partial charge in [0.1, 0.15) is 5.82 Å². The first-order valence-corrected chi connectivity index (χ1v) is 5.95. The Bertz CT molecular complexity index is 714. The Morgan fingerprint density at radius 2 is 1.90 bits per heavy atom. The van der Waals surface area contributed by atoms with Crippen LogP contribution in [0.5, 0.6) is 0 Å². The van der Waals surface area contributed by atoms with E-state index in [-0.39, 0.29) is 0 Å². The van der Waals surface area contributed by atoms with Crippen molar-refractivity contribution >= 4 is 23.4 Å². The molecule has 0 aliphatic carbocycles. The first-order valence-electron chi connectivity index (χ1n) is 5.95. The second kappa shape index (κ2) is 6.13. The van der Waals surface area contributed by atoms with Crippen molar-refractivity contribution in [2.45, 2.75) is 0 Å². The van der Waals surface area contributed by atoms with Crippen molar-refractivity contribution in [3.63, 3.8) is 0 Å². The highest BCUT2D eigenvalue weighted by Crippen LogP contribution is 2.19. The van der Waals surface area contributed by atoms with E-state index >= 15 is 0 Å². The Hall–Kier alpha value is -2.76. The van der Waals surface area contributed by atoms with Crippen molar-refractivity contribution in [2.24, 2.45) is 0 Å². The fourth-order valence-corrected chi connectivity index (χ4v) is 1.66. The van der Waals surface area contributed by atoms with E-state index in [2.05, 4.69) is 5.32 Å². The number of nitrogens with two attached hydrogens (primary N) is 1. The van der Waals surface area contributed by atoms with Gasteiger partial charge in [-0.15, -0.1) is 0 Å². The van der Waals surface area contributed by atoms with Crippen LogP contribution >= 0.6 is 0 Å². The molecular weight excluding hydrogens is 281 g/mol. The Kier molecular flexibility index (Phi) is 4.27. The van der Waals surface area contributed by atoms with Crippen molar-refractivity contribution in [3.05, 3.63) is 65.5 Å². The van der Waals surface area contributed by atoms with Gasteiger partial charge in [-0.25, -0.2) is 13.2 Å². The quantitative estimate of drug-likeness (QED) is 0.518. The molecule has 2 rings (SSSR count). The third-order valence-electron chi connectivity index (χ3n) is 2.59. The number of hydrogen-bond acceptors (Lipinski definition) is 2. The zero-order valence-electron chi connectivity index (χ0n) is 10.7. The molecule has 0 aliphatic rings. The summed E-state index contributed by atoms with van der Waals surface area (Å²) in [6.07, 6.45) is 2.55. The van der Waals surface area contributed by atoms with E-state index in [9.17, 15) is 18.0 Å². The molecule has 3 N–H and O–H groups in total. The van der Waals surface area contributed by atoms with E-state index in [0.717, 1.165) is 6.08 Å². The fourth-order valence-electron chi connectivity index (χ4n) is 1.66. The lowest BCUT2D eigenvalue weighted by atomic mass is 10.2. The van der Waals surface area contributed by atoms with Crippen molar-refractivity contribution in [3.8, 4) is 0 Å². The molecule has 0 saturated heterocycles. The maximum Gasteiger partial charge on any atom is 0.248 e. The van der Waals surface area contributed by atoms with Crippen LogP contribution in [0.3, 0.4) is 0 Å². The first-order chi connectivity index (χ1) is 9.95. The van der Waals surface area contributed by atoms with Crippen LogP contribution < -0.4 is 11.1 Å². The van der Waals surface area contributed by atoms with Crippen LogP contribution in [0, 0.1) is 17.5 Å². The number of rotatable bonds is 3. The molecule has 2 aromatic rings. The highest BCUT2D eigenvalue weighted by molar-refractivity contribution is 6.02. The Labute approximate surface area is 118 Å². The molecule has 0 atom stereocenters. The maximum absolute atomic E-state index is 13.4. The van der Waals surface area contributed by atoms with Crippen molar-refractivity contribution in [2.75, 3.05) is 11.1 Å². The molecule has 108 valence electrons. The summed E-state index contributed by atoms with van der Waals surface area (Å²) in [5.41, 5.74) is 6.20. The van der Waals surface area contributed by atoms with E-state index in [1.54, 1.807) is 24.3 Å². The molecule has 0 heterocycles. The number of hydrogen-bond donors (Lipinski definition) is 2. The van der Waals surface area contributed by atoms with Gasteiger partial charge >= 0.3 is 0 Å². The minimum atomic E-state index is -1.37. The van der Waals surface area contributed by atoms with E-state index in [0.29, 0.717) is 23.4 Å². The zero-order valence-corrected chi connectivity index (χ0v) is 10.7. The lowest BCUT2D eigenvalue weighted by molar-refractivity contribution is -0.111. The molecule has 0 aliphatic heterocycles. The lowest BCUT2D eigenvalue weighted by Gasteiger charge is -2.05. The average molecular weight is 292 g/mol. The molecule has 0 aromatic heterocycles. The highest BCUT2D eigenvalue weighted by atomic mass is 19.2. The van der Waals surface area contributed by atoms with Crippen LogP contribution in [0.4, 0.5) is 24.5 Å². The number of benzene rings is 2. The Morgan fingerprint density at radius 3 is 2.62 bits per heavy atom. The number of nitrogen functional groups attached to an aromatic ring is 1. The Morgan fingerprint density at radius 1 is 1.14 bits per heavy atom. The van der Waals surface area contributed by atoms with Crippen LogP contribution in [0.2, 0.25) is 0 Å². The van der Waals surface area contributed by atoms with Crippen molar-refractivity contribution in [1.82, 2.24) is 0 Å². The molecular formula is C15H11F3N2O. The number of carbonyl (C=O) groups excluding carboxylic acids is 1. The predicted octanol–water partition coefficient (Wildman–Crippen LogP) is 3.34. The highest BCUT2D eigenvalue weighted by Gasteiger charge is 2.12. The molecule has 0 spiro atoms. The van der Waals surface area contributed by atoms with Crippen LogP contribution in [0.25, 0.3) is 6.08 Å². The third kappa shape index (κ3) is 3.85. The number of halogens is 3. The monoisotopic (exact) mass is 292 g/mol. The Balaban J connectivity index is 2.12.